The van der Waals surface area contributed by atoms with Gasteiger partial charge in [0.05, 0.1) is 24.2 Å². The zero-order valence-corrected chi connectivity index (χ0v) is 22.9. The average Bonchev–Trinajstić information content (AvgIpc) is 3.65. The number of likely N-dealkylation sites (tertiary alicyclic amines) is 1. The molecule has 4 heterocycles. The second kappa shape index (κ2) is 11.3. The average molecular weight is 573 g/mol. The molecular weight excluding hydrogens is 543 g/mol. The van der Waals surface area contributed by atoms with Crippen molar-refractivity contribution in [2.45, 2.75) is 38.1 Å². The van der Waals surface area contributed by atoms with Gasteiger partial charge in [0.1, 0.15) is 11.3 Å². The standard InChI is InChI=1S/C29H29FN8O4/c1-36-26(20-4-2-19(3-5-20)13-31-17-39)24-25(34-36)28(40)38(16-32-24)15-29(41)8-10-37(11-9-29)14-22-7-6-21(12-23(22)30)27-33-18-42-35-27/h2-7,12,16-18,41H,8-11,13-15H2,1H3,(H,31,39). The highest BCUT2D eigenvalue weighted by atomic mass is 19.1. The number of carbonyl (C=O) groups is 1. The Balaban J connectivity index is 1.13. The van der Waals surface area contributed by atoms with Crippen molar-refractivity contribution in [3.05, 3.63) is 82.5 Å². The third-order valence-electron chi connectivity index (χ3n) is 7.75. The van der Waals surface area contributed by atoms with Crippen molar-refractivity contribution < 1.29 is 18.8 Å². The van der Waals surface area contributed by atoms with Crippen LogP contribution in [0.5, 0.6) is 0 Å². The molecule has 1 amide bonds. The lowest BCUT2D eigenvalue weighted by atomic mass is 9.91. The molecule has 13 heteroatoms. The van der Waals surface area contributed by atoms with E-state index in [2.05, 4.69) is 30.4 Å². The molecule has 1 saturated heterocycles. The van der Waals surface area contributed by atoms with Crippen LogP contribution in [0, 0.1) is 5.82 Å². The molecule has 1 aliphatic rings. The van der Waals surface area contributed by atoms with Crippen LogP contribution in [0.4, 0.5) is 4.39 Å². The predicted octanol–water partition coefficient (Wildman–Crippen LogP) is 2.26. The van der Waals surface area contributed by atoms with Crippen LogP contribution in [-0.2, 0) is 31.5 Å². The van der Waals surface area contributed by atoms with Crippen LogP contribution in [0.15, 0.2) is 64.5 Å². The van der Waals surface area contributed by atoms with Crippen molar-refractivity contribution in [2.24, 2.45) is 7.05 Å². The highest BCUT2D eigenvalue weighted by molar-refractivity contribution is 5.89. The SMILES string of the molecule is Cn1nc2c(=O)n(CC3(O)CCN(Cc4ccc(-c5ncon5)cc4F)CC3)cnc2c1-c1ccc(CNC=O)cc1. The van der Waals surface area contributed by atoms with Gasteiger partial charge in [-0.15, -0.1) is 0 Å². The number of aromatic nitrogens is 6. The summed E-state index contributed by atoms with van der Waals surface area (Å²) in [5.41, 5.74) is 2.82. The summed E-state index contributed by atoms with van der Waals surface area (Å²) in [5.74, 6) is -0.0307. The zero-order valence-electron chi connectivity index (χ0n) is 22.9. The molecule has 2 aromatic carbocycles. The summed E-state index contributed by atoms with van der Waals surface area (Å²) in [5, 5.41) is 22.2. The number of aliphatic hydroxyl groups is 1. The number of amides is 1. The van der Waals surface area contributed by atoms with Gasteiger partial charge in [0.25, 0.3) is 5.56 Å². The molecule has 6 rings (SSSR count). The quantitative estimate of drug-likeness (QED) is 0.254. The Kier molecular flexibility index (Phi) is 7.35. The highest BCUT2D eigenvalue weighted by Crippen LogP contribution is 2.28. The smallest absolute Gasteiger partial charge is 0.281 e. The van der Waals surface area contributed by atoms with E-state index >= 15 is 0 Å². The second-order valence-corrected chi connectivity index (χ2v) is 10.6. The first-order chi connectivity index (χ1) is 20.3. The molecule has 2 N–H and O–H groups in total. The zero-order chi connectivity index (χ0) is 29.3. The number of rotatable bonds is 9. The van der Waals surface area contributed by atoms with Crippen LogP contribution in [0.2, 0.25) is 0 Å². The Morgan fingerprint density at radius 1 is 1.10 bits per heavy atom. The van der Waals surface area contributed by atoms with Crippen molar-refractivity contribution in [1.29, 1.82) is 0 Å². The first-order valence-electron chi connectivity index (χ1n) is 13.5. The van der Waals surface area contributed by atoms with Crippen LogP contribution < -0.4 is 10.9 Å². The molecule has 0 radical (unpaired) electrons. The van der Waals surface area contributed by atoms with E-state index in [4.69, 9.17) is 4.52 Å². The van der Waals surface area contributed by atoms with E-state index in [0.717, 1.165) is 11.1 Å². The number of fused-ring (bicyclic) bond motifs is 1. The van der Waals surface area contributed by atoms with E-state index in [0.29, 0.717) is 73.6 Å². The molecule has 5 aromatic rings. The Bertz CT molecular complexity index is 1770. The Morgan fingerprint density at radius 3 is 2.55 bits per heavy atom. The number of halogens is 1. The van der Waals surface area contributed by atoms with Crippen molar-refractivity contribution >= 4 is 17.4 Å². The summed E-state index contributed by atoms with van der Waals surface area (Å²) in [4.78, 5) is 34.5. The van der Waals surface area contributed by atoms with Crippen LogP contribution in [0.3, 0.4) is 0 Å². The number of nitrogens with one attached hydrogen (secondary N) is 1. The van der Waals surface area contributed by atoms with Crippen molar-refractivity contribution in [2.75, 3.05) is 13.1 Å². The molecule has 216 valence electrons. The Labute approximate surface area is 239 Å². The third-order valence-corrected chi connectivity index (χ3v) is 7.75. The molecule has 3 aromatic heterocycles. The largest absolute Gasteiger partial charge is 0.388 e. The lowest BCUT2D eigenvalue weighted by Gasteiger charge is -2.38. The van der Waals surface area contributed by atoms with Gasteiger partial charge < -0.3 is 14.9 Å². The first-order valence-corrected chi connectivity index (χ1v) is 13.5. The molecule has 0 aliphatic carbocycles. The van der Waals surface area contributed by atoms with E-state index < -0.39 is 5.60 Å². The minimum atomic E-state index is -1.11. The van der Waals surface area contributed by atoms with Crippen LogP contribution in [0.1, 0.15) is 24.0 Å². The molecule has 12 nitrogen and oxygen atoms in total. The van der Waals surface area contributed by atoms with Crippen molar-refractivity contribution in [3.63, 3.8) is 0 Å². The van der Waals surface area contributed by atoms with E-state index in [1.54, 1.807) is 23.9 Å². The molecule has 42 heavy (non-hydrogen) atoms. The lowest BCUT2D eigenvalue weighted by molar-refractivity contribution is -0.109. The van der Waals surface area contributed by atoms with Gasteiger partial charge in [-0.1, -0.05) is 41.6 Å². The fourth-order valence-corrected chi connectivity index (χ4v) is 5.43. The van der Waals surface area contributed by atoms with Crippen molar-refractivity contribution in [1.82, 2.24) is 39.7 Å². The summed E-state index contributed by atoms with van der Waals surface area (Å²) < 4.78 is 22.6. The number of nitrogens with zero attached hydrogens (tertiary/aromatic N) is 7. The van der Waals surface area contributed by atoms with E-state index in [-0.39, 0.29) is 23.4 Å². The normalized spacial score (nSPS) is 15.2. The van der Waals surface area contributed by atoms with E-state index in [1.165, 1.54) is 23.4 Å². The summed E-state index contributed by atoms with van der Waals surface area (Å²) >= 11 is 0. The van der Waals surface area contributed by atoms with E-state index in [1.807, 2.05) is 24.3 Å². The number of hydrogen-bond donors (Lipinski definition) is 2. The van der Waals surface area contributed by atoms with Gasteiger partial charge in [0.2, 0.25) is 18.6 Å². The van der Waals surface area contributed by atoms with Crippen LogP contribution in [0.25, 0.3) is 33.7 Å². The fraction of sp³-hybridized carbons (Fsp3) is 0.310. The van der Waals surface area contributed by atoms with E-state index in [9.17, 15) is 19.1 Å². The first kappa shape index (κ1) is 27.4. The molecule has 0 unspecified atom stereocenters. The molecule has 0 spiro atoms. The van der Waals surface area contributed by atoms with Crippen LogP contribution in [-0.4, -0.2) is 64.6 Å². The maximum absolute atomic E-state index is 14.8. The molecular formula is C29H29FN8O4. The number of aryl methyl sites for hydroxylation is 1. The topological polar surface area (TPSA) is 144 Å². The predicted molar refractivity (Wildman–Crippen MR) is 150 cm³/mol. The minimum Gasteiger partial charge on any atom is -0.388 e. The molecule has 0 bridgehead atoms. The molecule has 1 aliphatic heterocycles. The summed E-state index contributed by atoms with van der Waals surface area (Å²) in [7, 11) is 1.76. The Morgan fingerprint density at radius 2 is 1.86 bits per heavy atom. The maximum atomic E-state index is 14.8. The molecule has 1 fully saturated rings. The molecule has 0 saturated carbocycles. The van der Waals surface area contributed by atoms with Gasteiger partial charge in [0.15, 0.2) is 5.52 Å². The second-order valence-electron chi connectivity index (χ2n) is 10.6. The minimum absolute atomic E-state index is 0.0840. The number of benzene rings is 2. The number of carbonyl (C=O) groups excluding carboxylic acids is 1. The van der Waals surface area contributed by atoms with Gasteiger partial charge in [0, 0.05) is 49.9 Å². The summed E-state index contributed by atoms with van der Waals surface area (Å²) in [6, 6.07) is 12.4. The van der Waals surface area contributed by atoms with Crippen LogP contribution >= 0.6 is 0 Å². The Hall–Kier alpha value is -4.75. The van der Waals surface area contributed by atoms with Gasteiger partial charge in [-0.3, -0.25) is 23.7 Å². The van der Waals surface area contributed by atoms with Gasteiger partial charge in [-0.25, -0.2) is 9.37 Å². The highest BCUT2D eigenvalue weighted by Gasteiger charge is 2.33. The third kappa shape index (κ3) is 5.43. The van der Waals surface area contributed by atoms with Gasteiger partial charge >= 0.3 is 0 Å². The monoisotopic (exact) mass is 572 g/mol. The number of hydrogen-bond acceptors (Lipinski definition) is 9. The summed E-state index contributed by atoms with van der Waals surface area (Å²) in [6.45, 7) is 1.98. The van der Waals surface area contributed by atoms with Gasteiger partial charge in [-0.05, 0) is 24.5 Å². The van der Waals surface area contributed by atoms with Gasteiger partial charge in [-0.2, -0.15) is 10.1 Å². The maximum Gasteiger partial charge on any atom is 0.281 e. The number of piperidine rings is 1. The fourth-order valence-electron chi connectivity index (χ4n) is 5.43. The lowest BCUT2D eigenvalue weighted by Crippen LogP contribution is -2.47. The summed E-state index contributed by atoms with van der Waals surface area (Å²) in [6.07, 6.45) is 4.14. The molecule has 0 atom stereocenters. The van der Waals surface area contributed by atoms with Crippen molar-refractivity contribution in [3.8, 4) is 22.6 Å².